The van der Waals surface area contributed by atoms with Gasteiger partial charge in [-0.1, -0.05) is 36.4 Å². The first kappa shape index (κ1) is 16.0. The number of hydrogen-bond donors (Lipinski definition) is 2. The summed E-state index contributed by atoms with van der Waals surface area (Å²) in [6.45, 7) is 0.360. The van der Waals surface area contributed by atoms with Crippen molar-refractivity contribution in [2.24, 2.45) is 5.10 Å². The zero-order valence-electron chi connectivity index (χ0n) is 13.9. The Kier molecular flexibility index (Phi) is 4.38. The summed E-state index contributed by atoms with van der Waals surface area (Å²) in [4.78, 5) is 12.0. The van der Waals surface area contributed by atoms with Gasteiger partial charge in [-0.25, -0.2) is 5.43 Å². The molecule has 130 valence electrons. The minimum Gasteiger partial charge on any atom is -0.454 e. The maximum Gasteiger partial charge on any atom is 0.259 e. The number of benzene rings is 3. The average molecular weight is 347 g/mol. The fourth-order valence-electron chi connectivity index (χ4n) is 2.77. The predicted molar refractivity (Wildman–Crippen MR) is 101 cm³/mol. The summed E-state index contributed by atoms with van der Waals surface area (Å²) >= 11 is 0. The number of carbonyl (C=O) groups is 1. The highest BCUT2D eigenvalue weighted by atomic mass is 16.7. The molecule has 3 aromatic rings. The third-order valence-electron chi connectivity index (χ3n) is 4.03. The Morgan fingerprint density at radius 1 is 1.04 bits per heavy atom. The number of amides is 1. The van der Waals surface area contributed by atoms with Crippen LogP contribution in [0.15, 0.2) is 65.8 Å². The van der Waals surface area contributed by atoms with E-state index < -0.39 is 0 Å². The van der Waals surface area contributed by atoms with Crippen LogP contribution in [-0.4, -0.2) is 25.5 Å². The molecule has 0 saturated heterocycles. The van der Waals surface area contributed by atoms with Crippen LogP contribution in [0.3, 0.4) is 0 Å². The first-order valence-corrected chi connectivity index (χ1v) is 8.23. The number of nitrogens with one attached hydrogen (secondary N) is 2. The summed E-state index contributed by atoms with van der Waals surface area (Å²) in [6.07, 6.45) is 1.57. The molecular weight excluding hydrogens is 330 g/mol. The molecule has 1 aliphatic rings. The predicted octanol–water partition coefficient (Wildman–Crippen LogP) is 3.13. The van der Waals surface area contributed by atoms with Crippen LogP contribution in [-0.2, 0) is 4.79 Å². The maximum absolute atomic E-state index is 12.0. The second-order valence-corrected chi connectivity index (χ2v) is 5.79. The third-order valence-corrected chi connectivity index (χ3v) is 4.03. The lowest BCUT2D eigenvalue weighted by atomic mass is 10.1. The van der Waals surface area contributed by atoms with Crippen molar-refractivity contribution >= 4 is 28.6 Å². The van der Waals surface area contributed by atoms with Gasteiger partial charge in [0.05, 0.1) is 12.8 Å². The average Bonchev–Trinajstić information content (AvgIpc) is 3.14. The third kappa shape index (κ3) is 3.44. The van der Waals surface area contributed by atoms with E-state index in [1.807, 2.05) is 60.7 Å². The van der Waals surface area contributed by atoms with Crippen molar-refractivity contribution in [3.05, 3.63) is 66.2 Å². The van der Waals surface area contributed by atoms with E-state index in [1.165, 1.54) is 0 Å². The molecule has 0 atom stereocenters. The van der Waals surface area contributed by atoms with Crippen molar-refractivity contribution in [1.29, 1.82) is 0 Å². The zero-order valence-corrected chi connectivity index (χ0v) is 13.9. The van der Waals surface area contributed by atoms with Crippen molar-refractivity contribution < 1.29 is 14.3 Å². The highest BCUT2D eigenvalue weighted by Gasteiger charge is 2.12. The van der Waals surface area contributed by atoms with Gasteiger partial charge in [0.2, 0.25) is 6.79 Å². The van der Waals surface area contributed by atoms with Gasteiger partial charge in [-0.3, -0.25) is 4.79 Å². The van der Waals surface area contributed by atoms with Gasteiger partial charge in [0, 0.05) is 11.1 Å². The van der Waals surface area contributed by atoms with Gasteiger partial charge in [0.1, 0.15) is 0 Å². The molecule has 0 aromatic heterocycles. The molecular formula is C20H17N3O3. The number of hydrogen-bond acceptors (Lipinski definition) is 5. The lowest BCUT2D eigenvalue weighted by Gasteiger charge is -2.08. The van der Waals surface area contributed by atoms with Gasteiger partial charge in [0.15, 0.2) is 11.5 Å². The molecule has 0 spiro atoms. The van der Waals surface area contributed by atoms with Crippen molar-refractivity contribution in [3.63, 3.8) is 0 Å². The van der Waals surface area contributed by atoms with Crippen LogP contribution >= 0.6 is 0 Å². The first-order valence-electron chi connectivity index (χ1n) is 8.23. The molecule has 1 amide bonds. The number of nitrogens with zero attached hydrogens (tertiary/aromatic N) is 1. The Balaban J connectivity index is 1.34. The molecule has 4 rings (SSSR count). The maximum atomic E-state index is 12.0. The molecule has 3 aromatic carbocycles. The van der Waals surface area contributed by atoms with Crippen LogP contribution in [0.4, 0.5) is 5.69 Å². The number of rotatable bonds is 5. The summed E-state index contributed by atoms with van der Waals surface area (Å²) in [5, 5.41) is 9.33. The smallest absolute Gasteiger partial charge is 0.259 e. The summed E-state index contributed by atoms with van der Waals surface area (Å²) in [7, 11) is 0. The van der Waals surface area contributed by atoms with Crippen LogP contribution < -0.4 is 20.2 Å². The minimum absolute atomic E-state index is 0.131. The lowest BCUT2D eigenvalue weighted by Crippen LogP contribution is -2.25. The summed E-state index contributed by atoms with van der Waals surface area (Å²) in [6, 6.07) is 19.4. The molecule has 6 heteroatoms. The number of hydrazone groups is 1. The van der Waals surface area contributed by atoms with Gasteiger partial charge in [-0.15, -0.1) is 0 Å². The monoisotopic (exact) mass is 347 g/mol. The molecule has 0 bridgehead atoms. The fraction of sp³-hybridized carbons (Fsp3) is 0.100. The molecule has 26 heavy (non-hydrogen) atoms. The van der Waals surface area contributed by atoms with Crippen LogP contribution in [0.5, 0.6) is 11.5 Å². The molecule has 0 radical (unpaired) electrons. The second-order valence-electron chi connectivity index (χ2n) is 5.79. The lowest BCUT2D eigenvalue weighted by molar-refractivity contribution is -0.119. The van der Waals surface area contributed by atoms with Gasteiger partial charge >= 0.3 is 0 Å². The molecule has 0 fully saturated rings. The Morgan fingerprint density at radius 3 is 2.85 bits per heavy atom. The van der Waals surface area contributed by atoms with E-state index in [0.29, 0.717) is 11.5 Å². The van der Waals surface area contributed by atoms with Crippen molar-refractivity contribution in [3.8, 4) is 11.5 Å². The number of anilines is 1. The Labute approximate surface area is 150 Å². The van der Waals surface area contributed by atoms with Crippen molar-refractivity contribution in [1.82, 2.24) is 5.43 Å². The largest absolute Gasteiger partial charge is 0.454 e. The Bertz CT molecular complexity index is 980. The molecule has 2 N–H and O–H groups in total. The highest BCUT2D eigenvalue weighted by Crippen LogP contribution is 2.31. The van der Waals surface area contributed by atoms with Gasteiger partial charge < -0.3 is 14.8 Å². The Hall–Kier alpha value is -3.54. The van der Waals surface area contributed by atoms with E-state index in [0.717, 1.165) is 22.0 Å². The quantitative estimate of drug-likeness (QED) is 0.549. The van der Waals surface area contributed by atoms with E-state index in [4.69, 9.17) is 9.47 Å². The minimum atomic E-state index is -0.227. The fourth-order valence-corrected chi connectivity index (χ4v) is 2.77. The topological polar surface area (TPSA) is 72.0 Å². The number of fused-ring (bicyclic) bond motifs is 2. The second kappa shape index (κ2) is 7.14. The van der Waals surface area contributed by atoms with Crippen LogP contribution in [0, 0.1) is 0 Å². The van der Waals surface area contributed by atoms with Crippen molar-refractivity contribution in [2.45, 2.75) is 0 Å². The van der Waals surface area contributed by atoms with E-state index in [2.05, 4.69) is 15.8 Å². The van der Waals surface area contributed by atoms with Crippen molar-refractivity contribution in [2.75, 3.05) is 18.7 Å². The molecule has 0 saturated carbocycles. The van der Waals surface area contributed by atoms with E-state index in [-0.39, 0.29) is 19.2 Å². The number of ether oxygens (including phenoxy) is 2. The Morgan fingerprint density at radius 2 is 1.88 bits per heavy atom. The summed E-state index contributed by atoms with van der Waals surface area (Å²) < 4.78 is 10.6. The van der Waals surface area contributed by atoms with E-state index >= 15 is 0 Å². The number of carbonyl (C=O) groups excluding carboxylic acids is 1. The normalized spacial score (nSPS) is 12.5. The van der Waals surface area contributed by atoms with Gasteiger partial charge in [0.25, 0.3) is 5.91 Å². The van der Waals surface area contributed by atoms with E-state index in [9.17, 15) is 4.79 Å². The van der Waals surface area contributed by atoms with Gasteiger partial charge in [-0.2, -0.15) is 5.10 Å². The first-order chi connectivity index (χ1) is 12.8. The molecule has 0 unspecified atom stereocenters. The summed E-state index contributed by atoms with van der Waals surface area (Å²) in [5.74, 6) is 1.17. The molecule has 1 heterocycles. The molecule has 0 aliphatic carbocycles. The molecule has 6 nitrogen and oxygen atoms in total. The van der Waals surface area contributed by atoms with E-state index in [1.54, 1.807) is 6.21 Å². The molecule has 1 aliphatic heterocycles. The zero-order chi connectivity index (χ0) is 17.8. The highest BCUT2D eigenvalue weighted by molar-refractivity contribution is 5.95. The van der Waals surface area contributed by atoms with Gasteiger partial charge in [-0.05, 0) is 35.2 Å². The summed E-state index contributed by atoms with van der Waals surface area (Å²) in [5.41, 5.74) is 4.24. The SMILES string of the molecule is O=C(CNc1cccc2ccccc12)N/N=C/c1ccc2c(c1)OCO2. The standard InChI is InChI=1S/C20H17N3O3/c24-20(12-21-17-7-3-5-15-4-1-2-6-16(15)17)23-22-11-14-8-9-18-19(10-14)26-13-25-18/h1-11,21H,12-13H2,(H,23,24)/b22-11+. The van der Waals surface area contributed by atoms with Crippen LogP contribution in [0.2, 0.25) is 0 Å². The van der Waals surface area contributed by atoms with Crippen LogP contribution in [0.1, 0.15) is 5.56 Å². The van der Waals surface area contributed by atoms with Crippen LogP contribution in [0.25, 0.3) is 10.8 Å².